The number of carbonyl (C=O) groups excluding carboxylic acids is 1. The van der Waals surface area contributed by atoms with Gasteiger partial charge in [-0.25, -0.2) is 0 Å². The predicted octanol–water partition coefficient (Wildman–Crippen LogP) is 2.58. The van der Waals surface area contributed by atoms with Crippen molar-refractivity contribution in [1.29, 1.82) is 0 Å². The van der Waals surface area contributed by atoms with E-state index in [9.17, 15) is 9.90 Å². The predicted molar refractivity (Wildman–Crippen MR) is 84.3 cm³/mol. The van der Waals surface area contributed by atoms with Crippen LogP contribution in [0.15, 0.2) is 54.6 Å². The van der Waals surface area contributed by atoms with E-state index in [0.29, 0.717) is 12.0 Å². The van der Waals surface area contributed by atoms with Crippen molar-refractivity contribution >= 4 is 5.91 Å². The van der Waals surface area contributed by atoms with Crippen LogP contribution in [0, 0.1) is 0 Å². The van der Waals surface area contributed by atoms with Crippen molar-refractivity contribution < 1.29 is 9.90 Å². The first-order chi connectivity index (χ1) is 10.2. The van der Waals surface area contributed by atoms with Gasteiger partial charge in [0.2, 0.25) is 0 Å². The van der Waals surface area contributed by atoms with Crippen LogP contribution in [0.1, 0.15) is 28.4 Å². The molecule has 0 spiro atoms. The molecule has 0 bridgehead atoms. The van der Waals surface area contributed by atoms with Gasteiger partial charge in [0.15, 0.2) is 0 Å². The minimum Gasteiger partial charge on any atom is -0.394 e. The summed E-state index contributed by atoms with van der Waals surface area (Å²) in [4.78, 5) is 12.4. The van der Waals surface area contributed by atoms with Crippen molar-refractivity contribution in [2.45, 2.75) is 25.8 Å². The highest BCUT2D eigenvalue weighted by atomic mass is 16.3. The summed E-state index contributed by atoms with van der Waals surface area (Å²) in [7, 11) is 0. The molecule has 0 aliphatic heterocycles. The van der Waals surface area contributed by atoms with Crippen LogP contribution in [0.3, 0.4) is 0 Å². The number of carbonyl (C=O) groups is 1. The molecule has 0 radical (unpaired) electrons. The maximum absolute atomic E-state index is 12.4. The molecule has 2 aromatic carbocycles. The molecule has 0 aliphatic rings. The fraction of sp³-hybridized carbons (Fsp3) is 0.278. The molecule has 2 rings (SSSR count). The Morgan fingerprint density at radius 2 is 1.76 bits per heavy atom. The first kappa shape index (κ1) is 15.3. The highest BCUT2D eigenvalue weighted by Crippen LogP contribution is 2.10. The molecule has 0 aromatic heterocycles. The molecular formula is C18H21NO2. The molecule has 3 nitrogen and oxygen atoms in total. The monoisotopic (exact) mass is 283 g/mol. The van der Waals surface area contributed by atoms with E-state index in [2.05, 4.69) is 5.32 Å². The number of hydrogen-bond acceptors (Lipinski definition) is 2. The summed E-state index contributed by atoms with van der Waals surface area (Å²) in [6, 6.07) is 17.2. The lowest BCUT2D eigenvalue weighted by Gasteiger charge is -2.17. The molecule has 1 atom stereocenters. The molecule has 2 aromatic rings. The summed E-state index contributed by atoms with van der Waals surface area (Å²) in [6.07, 6.45) is 1.43. The van der Waals surface area contributed by atoms with E-state index in [4.69, 9.17) is 0 Å². The third-order valence-electron chi connectivity index (χ3n) is 3.52. The van der Waals surface area contributed by atoms with Gasteiger partial charge in [0.1, 0.15) is 0 Å². The zero-order valence-corrected chi connectivity index (χ0v) is 12.3. The number of aryl methyl sites for hydroxylation is 1. The van der Waals surface area contributed by atoms with E-state index in [1.54, 1.807) is 0 Å². The van der Waals surface area contributed by atoms with Crippen molar-refractivity contribution in [2.24, 2.45) is 0 Å². The average Bonchev–Trinajstić information content (AvgIpc) is 2.55. The Morgan fingerprint density at radius 1 is 1.10 bits per heavy atom. The zero-order chi connectivity index (χ0) is 15.1. The van der Waals surface area contributed by atoms with Crippen molar-refractivity contribution in [3.63, 3.8) is 0 Å². The zero-order valence-electron chi connectivity index (χ0n) is 12.3. The lowest BCUT2D eigenvalue weighted by atomic mass is 10.0. The lowest BCUT2D eigenvalue weighted by molar-refractivity contribution is 0.0915. The van der Waals surface area contributed by atoms with E-state index >= 15 is 0 Å². The standard InChI is InChI=1S/C18H21NO2/c1-2-15-10-6-7-11-17(15)18(21)19-16(13-20)12-14-8-4-3-5-9-14/h3-11,16,20H,2,12-13H2,1H3,(H,19,21)/t16-/m0/s1. The maximum Gasteiger partial charge on any atom is 0.251 e. The Bertz CT molecular complexity index is 581. The fourth-order valence-electron chi connectivity index (χ4n) is 2.37. The van der Waals surface area contributed by atoms with Crippen LogP contribution in [0.2, 0.25) is 0 Å². The number of benzene rings is 2. The summed E-state index contributed by atoms with van der Waals surface area (Å²) in [5.41, 5.74) is 2.80. The number of aliphatic hydroxyl groups is 1. The first-order valence-corrected chi connectivity index (χ1v) is 7.28. The minimum absolute atomic E-state index is 0.0745. The van der Waals surface area contributed by atoms with Gasteiger partial charge in [-0.15, -0.1) is 0 Å². The molecule has 0 saturated carbocycles. The molecule has 3 heteroatoms. The second-order valence-corrected chi connectivity index (χ2v) is 5.05. The highest BCUT2D eigenvalue weighted by Gasteiger charge is 2.15. The van der Waals surface area contributed by atoms with Crippen LogP contribution >= 0.6 is 0 Å². The molecule has 110 valence electrons. The second kappa shape index (κ2) is 7.60. The molecule has 0 fully saturated rings. The quantitative estimate of drug-likeness (QED) is 0.856. The van der Waals surface area contributed by atoms with Crippen molar-refractivity contribution in [1.82, 2.24) is 5.32 Å². The van der Waals surface area contributed by atoms with Crippen LogP contribution < -0.4 is 5.32 Å². The molecule has 0 saturated heterocycles. The lowest BCUT2D eigenvalue weighted by Crippen LogP contribution is -2.39. The molecule has 1 amide bonds. The number of hydrogen-bond donors (Lipinski definition) is 2. The van der Waals surface area contributed by atoms with Gasteiger partial charge in [0.05, 0.1) is 12.6 Å². The van der Waals surface area contributed by atoms with Gasteiger partial charge in [-0.05, 0) is 30.0 Å². The maximum atomic E-state index is 12.4. The third kappa shape index (κ3) is 4.17. The summed E-state index contributed by atoms with van der Waals surface area (Å²) >= 11 is 0. The van der Waals surface area contributed by atoms with Crippen LogP contribution in [-0.4, -0.2) is 23.7 Å². The van der Waals surface area contributed by atoms with Crippen molar-refractivity contribution in [2.75, 3.05) is 6.61 Å². The van der Waals surface area contributed by atoms with Crippen LogP contribution in [-0.2, 0) is 12.8 Å². The van der Waals surface area contributed by atoms with Crippen LogP contribution in [0.4, 0.5) is 0 Å². The Kier molecular flexibility index (Phi) is 5.52. The first-order valence-electron chi connectivity index (χ1n) is 7.28. The van der Waals surface area contributed by atoms with Gasteiger partial charge >= 0.3 is 0 Å². The van der Waals surface area contributed by atoms with Crippen molar-refractivity contribution in [3.8, 4) is 0 Å². The topological polar surface area (TPSA) is 49.3 Å². The van der Waals surface area contributed by atoms with Crippen LogP contribution in [0.5, 0.6) is 0 Å². The van der Waals surface area contributed by atoms with E-state index in [1.165, 1.54) is 0 Å². The van der Waals surface area contributed by atoms with Crippen molar-refractivity contribution in [3.05, 3.63) is 71.3 Å². The average molecular weight is 283 g/mol. The Balaban J connectivity index is 2.06. The highest BCUT2D eigenvalue weighted by molar-refractivity contribution is 5.95. The SMILES string of the molecule is CCc1ccccc1C(=O)N[C@H](CO)Cc1ccccc1. The molecule has 0 heterocycles. The van der Waals surface area contributed by atoms with E-state index in [-0.39, 0.29) is 18.6 Å². The Morgan fingerprint density at radius 3 is 2.43 bits per heavy atom. The smallest absolute Gasteiger partial charge is 0.251 e. The number of amides is 1. The third-order valence-corrected chi connectivity index (χ3v) is 3.52. The molecule has 2 N–H and O–H groups in total. The van der Waals surface area contributed by atoms with Gasteiger partial charge in [-0.2, -0.15) is 0 Å². The normalized spacial score (nSPS) is 11.9. The summed E-state index contributed by atoms with van der Waals surface area (Å²) < 4.78 is 0. The number of nitrogens with one attached hydrogen (secondary N) is 1. The van der Waals surface area contributed by atoms with Gasteiger partial charge in [-0.3, -0.25) is 4.79 Å². The molecule has 21 heavy (non-hydrogen) atoms. The van der Waals surface area contributed by atoms with E-state index in [1.807, 2.05) is 61.5 Å². The van der Waals surface area contributed by atoms with E-state index < -0.39 is 0 Å². The summed E-state index contributed by atoms with van der Waals surface area (Å²) in [5, 5.41) is 12.4. The molecular weight excluding hydrogens is 262 g/mol. The number of rotatable bonds is 6. The van der Waals surface area contributed by atoms with Gasteiger partial charge in [0.25, 0.3) is 5.91 Å². The molecule has 0 unspecified atom stereocenters. The van der Waals surface area contributed by atoms with E-state index in [0.717, 1.165) is 17.5 Å². The second-order valence-electron chi connectivity index (χ2n) is 5.05. The number of aliphatic hydroxyl groups excluding tert-OH is 1. The minimum atomic E-state index is -0.273. The van der Waals surface area contributed by atoms with Gasteiger partial charge in [-0.1, -0.05) is 55.5 Å². The fourth-order valence-corrected chi connectivity index (χ4v) is 2.37. The van der Waals surface area contributed by atoms with Gasteiger partial charge < -0.3 is 10.4 Å². The summed E-state index contributed by atoms with van der Waals surface area (Å²) in [6.45, 7) is 1.95. The van der Waals surface area contributed by atoms with Crippen LogP contribution in [0.25, 0.3) is 0 Å². The van der Waals surface area contributed by atoms with Gasteiger partial charge in [0, 0.05) is 5.56 Å². The Hall–Kier alpha value is -2.13. The molecule has 0 aliphatic carbocycles. The largest absolute Gasteiger partial charge is 0.394 e. The Labute approximate surface area is 125 Å². The summed E-state index contributed by atoms with van der Waals surface area (Å²) in [5.74, 6) is -0.123.